The monoisotopic (exact) mass is 600 g/mol. The number of halogens is 4. The van der Waals surface area contributed by atoms with Crippen LogP contribution in [-0.2, 0) is 37.8 Å². The Labute approximate surface area is 216 Å². The van der Waals surface area contributed by atoms with Gasteiger partial charge in [-0.1, -0.05) is 18.2 Å². The first-order valence-electron chi connectivity index (χ1n) is 11.3. The molecule has 0 spiro atoms. The number of amides is 1. The number of fused-ring (bicyclic) bond motifs is 2. The molecule has 1 amide bonds. The van der Waals surface area contributed by atoms with Gasteiger partial charge in [0, 0.05) is 40.3 Å². The summed E-state index contributed by atoms with van der Waals surface area (Å²) in [4.78, 5) is 14.2. The molecule has 0 bridgehead atoms. The van der Waals surface area contributed by atoms with Crippen LogP contribution in [-0.4, -0.2) is 39.0 Å². The lowest BCUT2D eigenvalue weighted by Crippen LogP contribution is -2.39. The summed E-state index contributed by atoms with van der Waals surface area (Å²) >= 11 is 1.96. The van der Waals surface area contributed by atoms with Crippen LogP contribution in [0.15, 0.2) is 30.3 Å². The first-order chi connectivity index (χ1) is 16.3. The van der Waals surface area contributed by atoms with Gasteiger partial charge >= 0.3 is 12.3 Å². The molecule has 1 aliphatic rings. The Morgan fingerprint density at radius 1 is 1.14 bits per heavy atom. The topological polar surface area (TPSA) is 54.7 Å². The quantitative estimate of drug-likeness (QED) is 0.357. The minimum absolute atomic E-state index is 0.210. The average molecular weight is 600 g/mol. The largest absolute Gasteiger partial charge is 0.444 e. The van der Waals surface area contributed by atoms with Crippen LogP contribution in [0.3, 0.4) is 0 Å². The van der Waals surface area contributed by atoms with Crippen LogP contribution in [0.25, 0.3) is 22.0 Å². The molecule has 3 aromatic rings. The van der Waals surface area contributed by atoms with Gasteiger partial charge in [0.25, 0.3) is 0 Å². The van der Waals surface area contributed by atoms with Crippen LogP contribution in [0.2, 0.25) is 0 Å². The molecule has 1 aliphatic heterocycles. The zero-order valence-electron chi connectivity index (χ0n) is 20.1. The van der Waals surface area contributed by atoms with E-state index in [0.29, 0.717) is 39.5 Å². The molecular formula is C26H28F3IN2O3. The van der Waals surface area contributed by atoms with E-state index in [1.54, 1.807) is 22.6 Å². The van der Waals surface area contributed by atoms with Gasteiger partial charge in [-0.2, -0.15) is 13.2 Å². The van der Waals surface area contributed by atoms with Gasteiger partial charge in [-0.15, -0.1) is 0 Å². The maximum absolute atomic E-state index is 13.1. The van der Waals surface area contributed by atoms with Gasteiger partial charge in [-0.3, -0.25) is 0 Å². The van der Waals surface area contributed by atoms with E-state index in [2.05, 4.69) is 0 Å². The van der Waals surface area contributed by atoms with Crippen molar-refractivity contribution in [2.24, 2.45) is 7.05 Å². The van der Waals surface area contributed by atoms with E-state index in [0.717, 1.165) is 22.3 Å². The van der Waals surface area contributed by atoms with Crippen molar-refractivity contribution in [2.45, 2.75) is 58.5 Å². The minimum atomic E-state index is -4.31. The van der Waals surface area contributed by atoms with Crippen molar-refractivity contribution in [3.63, 3.8) is 0 Å². The highest BCUT2D eigenvalue weighted by Crippen LogP contribution is 2.37. The third-order valence-electron chi connectivity index (χ3n) is 6.20. The fraction of sp³-hybridized carbons (Fsp3) is 0.423. The fourth-order valence-electron chi connectivity index (χ4n) is 4.52. The van der Waals surface area contributed by atoms with Crippen molar-refractivity contribution >= 4 is 39.6 Å². The van der Waals surface area contributed by atoms with E-state index in [-0.39, 0.29) is 18.4 Å². The Balaban J connectivity index is 1.70. The summed E-state index contributed by atoms with van der Waals surface area (Å²) in [5.74, 6) is 0. The third-order valence-corrected chi connectivity index (χ3v) is 7.40. The number of rotatable bonds is 3. The number of ether oxygens (including phenoxy) is 1. The van der Waals surface area contributed by atoms with Crippen LogP contribution in [0.5, 0.6) is 0 Å². The van der Waals surface area contributed by atoms with Gasteiger partial charge in [0.15, 0.2) is 0 Å². The second-order valence-corrected chi connectivity index (χ2v) is 11.0. The summed E-state index contributed by atoms with van der Waals surface area (Å²) in [7, 11) is 1.64. The van der Waals surface area contributed by atoms with Crippen molar-refractivity contribution < 1.29 is 27.8 Å². The molecule has 0 saturated heterocycles. The molecule has 0 saturated carbocycles. The molecular weight excluding hydrogens is 572 g/mol. The lowest BCUT2D eigenvalue weighted by molar-refractivity contribution is -0.128. The Hall–Kier alpha value is -2.27. The highest BCUT2D eigenvalue weighted by molar-refractivity contribution is 14.1. The molecule has 0 fully saturated rings. The predicted molar refractivity (Wildman–Crippen MR) is 137 cm³/mol. The van der Waals surface area contributed by atoms with Crippen LogP contribution < -0.4 is 0 Å². The van der Waals surface area contributed by atoms with E-state index >= 15 is 0 Å². The number of carbonyl (C=O) groups is 1. The molecule has 5 nitrogen and oxygen atoms in total. The molecule has 4 rings (SSSR count). The number of alkyl halides is 3. The number of aryl methyl sites for hydroxylation is 1. The van der Waals surface area contributed by atoms with Crippen LogP contribution in [0.4, 0.5) is 18.0 Å². The molecule has 188 valence electrons. The first-order valence-corrected chi connectivity index (χ1v) is 12.4. The molecule has 0 radical (unpaired) electrons. The summed E-state index contributed by atoms with van der Waals surface area (Å²) in [5.41, 5.74) is 4.79. The highest BCUT2D eigenvalue weighted by atomic mass is 127. The number of aliphatic hydroxyl groups is 1. The Kier molecular flexibility index (Phi) is 6.87. The van der Waals surface area contributed by atoms with Crippen LogP contribution in [0, 0.1) is 3.57 Å². The fourth-order valence-corrected chi connectivity index (χ4v) is 5.51. The summed E-state index contributed by atoms with van der Waals surface area (Å²) in [6.45, 7) is 6.27. The third kappa shape index (κ3) is 5.45. The summed E-state index contributed by atoms with van der Waals surface area (Å²) < 4.78 is 47.1. The molecule has 35 heavy (non-hydrogen) atoms. The molecule has 0 unspecified atom stereocenters. The van der Waals surface area contributed by atoms with Crippen molar-refractivity contribution in [1.82, 2.24) is 9.47 Å². The maximum Gasteiger partial charge on any atom is 0.410 e. The lowest BCUT2D eigenvalue weighted by atomic mass is 9.92. The lowest BCUT2D eigenvalue weighted by Gasteiger charge is -2.31. The molecule has 2 aromatic carbocycles. The molecule has 0 atom stereocenters. The minimum Gasteiger partial charge on any atom is -0.444 e. The van der Waals surface area contributed by atoms with Crippen molar-refractivity contribution in [3.05, 3.63) is 56.3 Å². The Morgan fingerprint density at radius 3 is 2.49 bits per heavy atom. The van der Waals surface area contributed by atoms with Crippen molar-refractivity contribution in [1.29, 1.82) is 0 Å². The van der Waals surface area contributed by atoms with Crippen molar-refractivity contribution in [3.8, 4) is 11.1 Å². The summed E-state index contributed by atoms with van der Waals surface area (Å²) in [5, 5.41) is 10.8. The van der Waals surface area contributed by atoms with E-state index < -0.39 is 18.2 Å². The Bertz CT molecular complexity index is 1290. The summed E-state index contributed by atoms with van der Waals surface area (Å²) in [6.07, 6.45) is -4.99. The molecule has 2 heterocycles. The zero-order chi connectivity index (χ0) is 25.7. The molecule has 9 heteroatoms. The van der Waals surface area contributed by atoms with E-state index in [9.17, 15) is 23.1 Å². The van der Waals surface area contributed by atoms with E-state index in [1.165, 1.54) is 0 Å². The van der Waals surface area contributed by atoms with Crippen LogP contribution >= 0.6 is 22.6 Å². The first kappa shape index (κ1) is 25.8. The number of aromatic nitrogens is 1. The van der Waals surface area contributed by atoms with E-state index in [4.69, 9.17) is 4.74 Å². The second kappa shape index (κ2) is 9.31. The number of benzene rings is 2. The smallest absolute Gasteiger partial charge is 0.410 e. The zero-order valence-corrected chi connectivity index (χ0v) is 22.2. The number of aliphatic hydroxyl groups excluding tert-OH is 1. The van der Waals surface area contributed by atoms with Gasteiger partial charge in [-0.05, 0) is 89.7 Å². The molecule has 1 N–H and O–H groups in total. The highest BCUT2D eigenvalue weighted by Gasteiger charge is 2.32. The SMILES string of the molecule is Cn1c(CC(F)(F)F)c(I)c2cc(CO)c(-c3ccc4c(c3)CCN(C(=O)OC(C)(C)C)C4)cc21. The number of hydrogen-bond donors (Lipinski definition) is 1. The van der Waals surface area contributed by atoms with Gasteiger partial charge in [0.1, 0.15) is 5.60 Å². The predicted octanol–water partition coefficient (Wildman–Crippen LogP) is 6.34. The molecule has 0 aliphatic carbocycles. The van der Waals surface area contributed by atoms with Gasteiger partial charge in [0.2, 0.25) is 0 Å². The van der Waals surface area contributed by atoms with Gasteiger partial charge in [0.05, 0.1) is 13.0 Å². The van der Waals surface area contributed by atoms with Gasteiger partial charge < -0.3 is 19.3 Å². The Morgan fingerprint density at radius 2 is 1.86 bits per heavy atom. The van der Waals surface area contributed by atoms with E-state index in [1.807, 2.05) is 67.6 Å². The second-order valence-electron chi connectivity index (χ2n) is 9.93. The summed E-state index contributed by atoms with van der Waals surface area (Å²) in [6, 6.07) is 9.60. The number of carbonyl (C=O) groups excluding carboxylic acids is 1. The molecule has 1 aromatic heterocycles. The maximum atomic E-state index is 13.1. The number of nitrogens with zero attached hydrogens (tertiary/aromatic N) is 2. The van der Waals surface area contributed by atoms with Crippen molar-refractivity contribution in [2.75, 3.05) is 6.54 Å². The standard InChI is InChI=1S/C26H28F3IN2O3/c1-25(2,3)35-24(34)32-8-7-15-9-16(5-6-17(15)13-32)19-11-21-20(10-18(19)14-33)23(30)22(31(21)4)12-26(27,28)29/h5-6,9-11,33H,7-8,12-14H2,1-4H3. The van der Waals surface area contributed by atoms with Crippen LogP contribution in [0.1, 0.15) is 43.2 Å². The normalized spacial score (nSPS) is 14.4. The number of hydrogen-bond acceptors (Lipinski definition) is 3. The average Bonchev–Trinajstić information content (AvgIpc) is 2.99. The van der Waals surface area contributed by atoms with Gasteiger partial charge in [-0.25, -0.2) is 4.79 Å².